The van der Waals surface area contributed by atoms with E-state index in [4.69, 9.17) is 17.3 Å². The monoisotopic (exact) mass is 291 g/mol. The number of hydrogen-bond acceptors (Lipinski definition) is 4. The summed E-state index contributed by atoms with van der Waals surface area (Å²) in [6.07, 6.45) is 1.55. The molecule has 19 heavy (non-hydrogen) atoms. The van der Waals surface area contributed by atoms with Crippen LogP contribution in [0.5, 0.6) is 0 Å². The molecule has 0 saturated heterocycles. The molecule has 0 fully saturated rings. The van der Waals surface area contributed by atoms with Crippen LogP contribution in [0.15, 0.2) is 40.8 Å². The van der Waals surface area contributed by atoms with Crippen molar-refractivity contribution in [3.63, 3.8) is 0 Å². The Morgan fingerprint density at radius 1 is 1.37 bits per heavy atom. The lowest BCUT2D eigenvalue weighted by molar-refractivity contribution is 0.751. The Balaban J connectivity index is 2.05. The van der Waals surface area contributed by atoms with Gasteiger partial charge in [-0.15, -0.1) is 11.3 Å². The summed E-state index contributed by atoms with van der Waals surface area (Å²) in [6, 6.07) is 7.05. The summed E-state index contributed by atoms with van der Waals surface area (Å²) in [5.74, 6) is 0. The standard InChI is InChI=1S/C13H10ClN3OS/c14-9-2-1-8(11(15)5-9)6-17-7-16-12-10(13(17)18)3-4-19-12/h1-5,7H,6,15H2. The molecule has 0 atom stereocenters. The number of anilines is 1. The molecule has 0 bridgehead atoms. The second kappa shape index (κ2) is 4.68. The molecule has 0 spiro atoms. The third-order valence-electron chi connectivity index (χ3n) is 2.90. The van der Waals surface area contributed by atoms with Gasteiger partial charge in [-0.2, -0.15) is 0 Å². The molecule has 0 saturated carbocycles. The third-order valence-corrected chi connectivity index (χ3v) is 3.95. The number of thiophene rings is 1. The zero-order valence-electron chi connectivity index (χ0n) is 9.84. The summed E-state index contributed by atoms with van der Waals surface area (Å²) in [4.78, 5) is 17.2. The minimum Gasteiger partial charge on any atom is -0.398 e. The van der Waals surface area contributed by atoms with Crippen molar-refractivity contribution in [2.24, 2.45) is 0 Å². The fourth-order valence-corrected chi connectivity index (χ4v) is 2.80. The number of hydrogen-bond donors (Lipinski definition) is 1. The smallest absolute Gasteiger partial charge is 0.262 e. The molecule has 3 rings (SSSR count). The maximum atomic E-state index is 12.2. The van der Waals surface area contributed by atoms with Gasteiger partial charge in [0, 0.05) is 10.7 Å². The molecule has 0 aliphatic rings. The Bertz CT molecular complexity index is 809. The maximum absolute atomic E-state index is 12.2. The van der Waals surface area contributed by atoms with Gasteiger partial charge in [0.15, 0.2) is 0 Å². The molecule has 0 amide bonds. The van der Waals surface area contributed by atoms with Crippen LogP contribution in [-0.2, 0) is 6.54 Å². The lowest BCUT2D eigenvalue weighted by atomic mass is 10.2. The van der Waals surface area contributed by atoms with Crippen LogP contribution < -0.4 is 11.3 Å². The number of fused-ring (bicyclic) bond motifs is 1. The summed E-state index contributed by atoms with van der Waals surface area (Å²) < 4.78 is 1.55. The SMILES string of the molecule is Nc1cc(Cl)ccc1Cn1cnc2sccc2c1=O. The van der Waals surface area contributed by atoms with Crippen LogP contribution in [0.3, 0.4) is 0 Å². The second-order valence-electron chi connectivity index (χ2n) is 4.16. The van der Waals surface area contributed by atoms with E-state index in [2.05, 4.69) is 4.98 Å². The fourth-order valence-electron chi connectivity index (χ4n) is 1.90. The average molecular weight is 292 g/mol. The fraction of sp³-hybridized carbons (Fsp3) is 0.0769. The van der Waals surface area contributed by atoms with Crippen molar-refractivity contribution >= 4 is 38.8 Å². The van der Waals surface area contributed by atoms with E-state index in [9.17, 15) is 4.79 Å². The molecule has 2 N–H and O–H groups in total. The minimum absolute atomic E-state index is 0.0550. The molecule has 96 valence electrons. The number of halogens is 1. The maximum Gasteiger partial charge on any atom is 0.262 e. The van der Waals surface area contributed by atoms with Gasteiger partial charge < -0.3 is 5.73 Å². The van der Waals surface area contributed by atoms with Crippen LogP contribution in [0.1, 0.15) is 5.56 Å². The van der Waals surface area contributed by atoms with Gasteiger partial charge in [0.05, 0.1) is 18.3 Å². The molecule has 3 aromatic rings. The summed E-state index contributed by atoms with van der Waals surface area (Å²) in [7, 11) is 0. The van der Waals surface area contributed by atoms with Crippen LogP contribution in [0, 0.1) is 0 Å². The molecule has 2 aromatic heterocycles. The normalized spacial score (nSPS) is 11.0. The topological polar surface area (TPSA) is 60.9 Å². The second-order valence-corrected chi connectivity index (χ2v) is 5.49. The van der Waals surface area contributed by atoms with Crippen LogP contribution >= 0.6 is 22.9 Å². The van der Waals surface area contributed by atoms with Crippen molar-refractivity contribution in [3.05, 3.63) is 56.9 Å². The van der Waals surface area contributed by atoms with E-state index in [0.29, 0.717) is 22.6 Å². The summed E-state index contributed by atoms with van der Waals surface area (Å²) in [5.41, 5.74) is 7.26. The quantitative estimate of drug-likeness (QED) is 0.739. The van der Waals surface area contributed by atoms with Crippen molar-refractivity contribution in [1.29, 1.82) is 0 Å². The molecular formula is C13H10ClN3OS. The zero-order valence-corrected chi connectivity index (χ0v) is 11.4. The number of nitrogens with two attached hydrogens (primary N) is 1. The number of rotatable bonds is 2. The molecule has 0 radical (unpaired) electrons. The third kappa shape index (κ3) is 2.22. The first-order chi connectivity index (χ1) is 9.15. The molecule has 1 aromatic carbocycles. The predicted octanol–water partition coefficient (Wildman–Crippen LogP) is 2.74. The van der Waals surface area contributed by atoms with E-state index >= 15 is 0 Å². The van der Waals surface area contributed by atoms with Crippen molar-refractivity contribution in [2.75, 3.05) is 5.73 Å². The summed E-state index contributed by atoms with van der Waals surface area (Å²) >= 11 is 7.31. The van der Waals surface area contributed by atoms with Gasteiger partial charge in [0.25, 0.3) is 5.56 Å². The van der Waals surface area contributed by atoms with Crippen LogP contribution in [0.25, 0.3) is 10.2 Å². The lowest BCUT2D eigenvalue weighted by Crippen LogP contribution is -2.20. The Labute approximate surface area is 118 Å². The Kier molecular flexibility index (Phi) is 3.00. The Hall–Kier alpha value is -1.85. The first-order valence-electron chi connectivity index (χ1n) is 5.62. The zero-order chi connectivity index (χ0) is 13.4. The average Bonchev–Trinajstić information content (AvgIpc) is 2.85. The van der Waals surface area contributed by atoms with Gasteiger partial charge in [-0.1, -0.05) is 17.7 Å². The first-order valence-corrected chi connectivity index (χ1v) is 6.87. The molecule has 0 unspecified atom stereocenters. The predicted molar refractivity (Wildman–Crippen MR) is 78.8 cm³/mol. The molecule has 0 aliphatic carbocycles. The lowest BCUT2D eigenvalue weighted by Gasteiger charge is -2.08. The Morgan fingerprint density at radius 2 is 2.21 bits per heavy atom. The minimum atomic E-state index is -0.0550. The van der Waals surface area contributed by atoms with Crippen molar-refractivity contribution in [3.8, 4) is 0 Å². The van der Waals surface area contributed by atoms with E-state index in [1.807, 2.05) is 11.4 Å². The van der Waals surface area contributed by atoms with Gasteiger partial charge in [-0.25, -0.2) is 4.98 Å². The van der Waals surface area contributed by atoms with E-state index in [1.54, 1.807) is 29.1 Å². The summed E-state index contributed by atoms with van der Waals surface area (Å²) in [5, 5.41) is 3.08. The molecule has 0 aliphatic heterocycles. The van der Waals surface area contributed by atoms with E-state index in [-0.39, 0.29) is 5.56 Å². The van der Waals surface area contributed by atoms with Crippen LogP contribution in [0.4, 0.5) is 5.69 Å². The molecule has 2 heterocycles. The van der Waals surface area contributed by atoms with E-state index in [0.717, 1.165) is 10.4 Å². The van der Waals surface area contributed by atoms with Gasteiger partial charge >= 0.3 is 0 Å². The first kappa shape index (κ1) is 12.2. The number of benzene rings is 1. The van der Waals surface area contributed by atoms with Crippen molar-refractivity contribution in [1.82, 2.24) is 9.55 Å². The van der Waals surface area contributed by atoms with Crippen LogP contribution in [0.2, 0.25) is 5.02 Å². The largest absolute Gasteiger partial charge is 0.398 e. The van der Waals surface area contributed by atoms with Gasteiger partial charge in [0.2, 0.25) is 0 Å². The summed E-state index contributed by atoms with van der Waals surface area (Å²) in [6.45, 7) is 0.390. The van der Waals surface area contributed by atoms with Gasteiger partial charge in [-0.3, -0.25) is 9.36 Å². The molecule has 4 nitrogen and oxygen atoms in total. The highest BCUT2D eigenvalue weighted by molar-refractivity contribution is 7.16. The van der Waals surface area contributed by atoms with Gasteiger partial charge in [-0.05, 0) is 29.1 Å². The molecule has 6 heteroatoms. The highest BCUT2D eigenvalue weighted by Gasteiger charge is 2.07. The highest BCUT2D eigenvalue weighted by Crippen LogP contribution is 2.19. The van der Waals surface area contributed by atoms with Crippen molar-refractivity contribution in [2.45, 2.75) is 6.54 Å². The van der Waals surface area contributed by atoms with Crippen LogP contribution in [-0.4, -0.2) is 9.55 Å². The van der Waals surface area contributed by atoms with E-state index < -0.39 is 0 Å². The van der Waals surface area contributed by atoms with Crippen molar-refractivity contribution < 1.29 is 0 Å². The van der Waals surface area contributed by atoms with Gasteiger partial charge in [0.1, 0.15) is 4.83 Å². The Morgan fingerprint density at radius 3 is 3.00 bits per heavy atom. The number of nitrogens with zero attached hydrogens (tertiary/aromatic N) is 2. The molecular weight excluding hydrogens is 282 g/mol. The van der Waals surface area contributed by atoms with E-state index in [1.165, 1.54) is 11.3 Å². The highest BCUT2D eigenvalue weighted by atomic mass is 35.5. The number of nitrogen functional groups attached to an aromatic ring is 1. The number of aromatic nitrogens is 2.